The van der Waals surface area contributed by atoms with Crippen LogP contribution in [0.4, 0.5) is 11.4 Å². The molecule has 0 aliphatic carbocycles. The third-order valence-electron chi connectivity index (χ3n) is 12.7. The van der Waals surface area contributed by atoms with Crippen molar-refractivity contribution < 1.29 is 25.8 Å². The van der Waals surface area contributed by atoms with Crippen molar-refractivity contribution in [2.45, 2.75) is 97.8 Å². The smallest absolute Gasteiger partial charge is 0.135 e. The third kappa shape index (κ3) is 9.18. The normalized spacial score (nSPS) is 13.5. The molecule has 1 aliphatic heterocycles. The van der Waals surface area contributed by atoms with E-state index in [1.165, 1.54) is 27.8 Å². The molecule has 6 aromatic carbocycles. The van der Waals surface area contributed by atoms with E-state index < -0.39 is 0 Å². The van der Waals surface area contributed by atoms with Crippen LogP contribution in [0.3, 0.4) is 0 Å². The second kappa shape index (κ2) is 17.1. The summed E-state index contributed by atoms with van der Waals surface area (Å²) in [6.07, 6.45) is 6.15. The maximum atomic E-state index is 6.83. The monoisotopic (exact) mass is 1030 g/mol. The second-order valence-electron chi connectivity index (χ2n) is 20.9. The first kappa shape index (κ1) is 45.7. The summed E-state index contributed by atoms with van der Waals surface area (Å²) >= 11 is 0. The minimum absolute atomic E-state index is 0. The number of ether oxygens (including phenoxy) is 1. The van der Waals surface area contributed by atoms with Gasteiger partial charge in [0.25, 0.3) is 0 Å². The molecule has 0 unspecified atom stereocenters. The molecule has 0 amide bonds. The van der Waals surface area contributed by atoms with Gasteiger partial charge in [-0.05, 0) is 97.7 Å². The molecule has 0 bridgehead atoms. The molecule has 65 heavy (non-hydrogen) atoms. The van der Waals surface area contributed by atoms with Crippen molar-refractivity contribution in [1.82, 2.24) is 9.55 Å². The molecular formula is C59H59N4OPt-3. The van der Waals surface area contributed by atoms with E-state index in [2.05, 4.69) is 249 Å². The van der Waals surface area contributed by atoms with Gasteiger partial charge in [0, 0.05) is 55.4 Å². The standard InChI is InChI=1S/C59H59N4O.Pt/c1-56(2,3)44-31-45(57(4,5)6)33-47(32-44)61-28-29-62(39-61)48-34-46(58(7,8)9)35-50(37-48)64-49-23-24-51-52-30-41(40-18-14-12-15-19-40)22-25-53(52)63(54(51)38-49)55-36-43(26-27-60-55)59(10,11)42-20-16-13-17-21-42;/h12-36,39H,1-11H3;/q-3;. The molecule has 3 heterocycles. The van der Waals surface area contributed by atoms with E-state index in [1.54, 1.807) is 0 Å². The fourth-order valence-electron chi connectivity index (χ4n) is 8.53. The number of benzene rings is 6. The zero-order valence-corrected chi connectivity index (χ0v) is 41.8. The van der Waals surface area contributed by atoms with Gasteiger partial charge in [0.2, 0.25) is 0 Å². The number of fused-ring (bicyclic) bond motifs is 3. The van der Waals surface area contributed by atoms with Gasteiger partial charge in [0.1, 0.15) is 5.82 Å². The second-order valence-corrected chi connectivity index (χ2v) is 20.9. The minimum atomic E-state index is -0.243. The van der Waals surface area contributed by atoms with Crippen molar-refractivity contribution in [2.75, 3.05) is 9.80 Å². The molecule has 5 nitrogen and oxygen atoms in total. The first-order chi connectivity index (χ1) is 30.3. The van der Waals surface area contributed by atoms with Crippen LogP contribution in [0.15, 0.2) is 152 Å². The molecule has 0 saturated carbocycles. The van der Waals surface area contributed by atoms with Gasteiger partial charge in [0.05, 0.1) is 0 Å². The molecule has 0 spiro atoms. The molecule has 6 heteroatoms. The third-order valence-corrected chi connectivity index (χ3v) is 12.7. The molecule has 9 rings (SSSR count). The van der Waals surface area contributed by atoms with E-state index in [0.717, 1.165) is 50.1 Å². The molecule has 8 aromatic rings. The zero-order chi connectivity index (χ0) is 45.2. The molecule has 0 fully saturated rings. The first-order valence-electron chi connectivity index (χ1n) is 22.4. The average Bonchev–Trinajstić information content (AvgIpc) is 3.89. The maximum absolute atomic E-state index is 6.83. The van der Waals surface area contributed by atoms with Gasteiger partial charge in [-0.15, -0.1) is 53.6 Å². The largest absolute Gasteiger partial charge is 0.509 e. The SMILES string of the molecule is CC(C)(C)c1cc(Oc2[c-]c3c(cc2)c2cc(-c4ccccc4)ccc2n3-c2cc(C(C)(C)c3ccccc3)ccn2)[c-]c(N2C=CN(c3cc(C(C)(C)C)cc(C(C)(C)C)c3)[CH-]2)c1.[Pt]. The summed E-state index contributed by atoms with van der Waals surface area (Å²) in [4.78, 5) is 9.35. The van der Waals surface area contributed by atoms with Gasteiger partial charge < -0.3 is 19.1 Å². The van der Waals surface area contributed by atoms with E-state index in [-0.39, 0.29) is 42.7 Å². The summed E-state index contributed by atoms with van der Waals surface area (Å²) in [7, 11) is 0. The zero-order valence-electron chi connectivity index (χ0n) is 39.5. The molecule has 1 aliphatic rings. The van der Waals surface area contributed by atoms with Crippen LogP contribution in [-0.4, -0.2) is 9.55 Å². The Labute approximate surface area is 401 Å². The van der Waals surface area contributed by atoms with Crippen LogP contribution in [0.5, 0.6) is 11.5 Å². The van der Waals surface area contributed by atoms with E-state index in [1.807, 2.05) is 12.3 Å². The number of nitrogens with zero attached hydrogens (tertiary/aromatic N) is 4. The van der Waals surface area contributed by atoms with Gasteiger partial charge in [-0.1, -0.05) is 161 Å². The fourth-order valence-corrected chi connectivity index (χ4v) is 8.53. The number of pyridine rings is 1. The number of hydrogen-bond donors (Lipinski definition) is 0. The van der Waals surface area contributed by atoms with Crippen LogP contribution in [0.2, 0.25) is 0 Å². The van der Waals surface area contributed by atoms with E-state index in [4.69, 9.17) is 9.72 Å². The van der Waals surface area contributed by atoms with Gasteiger partial charge in [0.15, 0.2) is 0 Å². The van der Waals surface area contributed by atoms with Crippen LogP contribution < -0.4 is 14.5 Å². The Balaban J connectivity index is 0.00000576. The quantitative estimate of drug-likeness (QED) is 0.142. The Morgan fingerprint density at radius 3 is 1.80 bits per heavy atom. The predicted molar refractivity (Wildman–Crippen MR) is 268 cm³/mol. The number of anilines is 2. The predicted octanol–water partition coefficient (Wildman–Crippen LogP) is 15.4. The number of rotatable bonds is 8. The van der Waals surface area contributed by atoms with E-state index >= 15 is 0 Å². The molecule has 2 aromatic heterocycles. The average molecular weight is 1040 g/mol. The molecule has 0 radical (unpaired) electrons. The fraction of sp³-hybridized carbons (Fsp3) is 0.254. The molecule has 0 N–H and O–H groups in total. The molecule has 0 atom stereocenters. The van der Waals surface area contributed by atoms with Crippen LogP contribution in [-0.2, 0) is 42.7 Å². The van der Waals surface area contributed by atoms with Gasteiger partial charge in [-0.3, -0.25) is 0 Å². The van der Waals surface area contributed by atoms with Gasteiger partial charge in [-0.2, -0.15) is 6.07 Å². The summed E-state index contributed by atoms with van der Waals surface area (Å²) < 4.78 is 9.07. The summed E-state index contributed by atoms with van der Waals surface area (Å²) in [5, 5.41) is 2.20. The van der Waals surface area contributed by atoms with E-state index in [9.17, 15) is 0 Å². The molecule has 334 valence electrons. The van der Waals surface area contributed by atoms with Crippen LogP contribution in [0.25, 0.3) is 38.8 Å². The van der Waals surface area contributed by atoms with Crippen LogP contribution >= 0.6 is 0 Å². The Morgan fingerprint density at radius 2 is 1.14 bits per heavy atom. The summed E-state index contributed by atoms with van der Waals surface area (Å²) in [6.45, 7) is 27.1. The number of aromatic nitrogens is 2. The van der Waals surface area contributed by atoms with Gasteiger partial charge >= 0.3 is 0 Å². The summed E-state index contributed by atoms with van der Waals surface area (Å²) in [5.74, 6) is 2.06. The first-order valence-corrected chi connectivity index (χ1v) is 22.4. The van der Waals surface area contributed by atoms with Crippen LogP contribution in [0, 0.1) is 18.8 Å². The minimum Gasteiger partial charge on any atom is -0.509 e. The van der Waals surface area contributed by atoms with Crippen LogP contribution in [0.1, 0.15) is 104 Å². The Bertz CT molecular complexity index is 3000. The molecular weight excluding hydrogens is 976 g/mol. The van der Waals surface area contributed by atoms with Gasteiger partial charge in [-0.25, -0.2) is 4.98 Å². The van der Waals surface area contributed by atoms with Crippen molar-refractivity contribution in [1.29, 1.82) is 0 Å². The Morgan fingerprint density at radius 1 is 0.508 bits per heavy atom. The number of hydrogen-bond acceptors (Lipinski definition) is 4. The van der Waals surface area contributed by atoms with E-state index in [0.29, 0.717) is 11.5 Å². The van der Waals surface area contributed by atoms with Crippen molar-refractivity contribution in [3.8, 4) is 28.4 Å². The van der Waals surface area contributed by atoms with Crippen molar-refractivity contribution in [3.05, 3.63) is 199 Å². The summed E-state index contributed by atoms with van der Waals surface area (Å²) in [5.41, 5.74) is 12.1. The van der Waals surface area contributed by atoms with Crippen molar-refractivity contribution in [3.63, 3.8) is 0 Å². The molecule has 0 saturated heterocycles. The summed E-state index contributed by atoms with van der Waals surface area (Å²) in [6, 6.07) is 55.1. The Kier molecular flexibility index (Phi) is 12.0. The van der Waals surface area contributed by atoms with Crippen molar-refractivity contribution in [2.24, 2.45) is 0 Å². The van der Waals surface area contributed by atoms with Crippen molar-refractivity contribution >= 4 is 33.2 Å². The maximum Gasteiger partial charge on any atom is 0.135 e. The topological polar surface area (TPSA) is 33.5 Å². The Hall–Kier alpha value is -5.90.